The standard InChI is InChI=1S/C31H42N2O6/c1-2-36-28(34)20-37-25-14-7-6-13-22(25)18-23-26-15-16-27(39-26)29(23)31-33-24(19-38-31)30(35)32-17-9-8-12-21-10-4-3-5-11-21/h6-7,13-14,19,21,23,26-27,29H,2-5,8-12,15-18,20H2,1H3,(H,32,35)/t23-,26-,27+,29-/m0/s1. The van der Waals surface area contributed by atoms with E-state index in [1.165, 1.54) is 44.8 Å². The smallest absolute Gasteiger partial charge is 0.344 e. The summed E-state index contributed by atoms with van der Waals surface area (Å²) in [6.45, 7) is 2.64. The summed E-state index contributed by atoms with van der Waals surface area (Å²) in [6.07, 6.45) is 14.6. The largest absolute Gasteiger partial charge is 0.482 e. The summed E-state index contributed by atoms with van der Waals surface area (Å²) in [5.74, 6) is 1.66. The number of rotatable bonds is 13. The average Bonchev–Trinajstić information content (AvgIpc) is 3.70. The number of amides is 1. The fourth-order valence-corrected chi connectivity index (χ4v) is 6.65. The minimum absolute atomic E-state index is 0.0288. The first kappa shape index (κ1) is 27.7. The van der Waals surface area contributed by atoms with E-state index in [9.17, 15) is 9.59 Å². The quantitative estimate of drug-likeness (QED) is 0.262. The molecule has 3 heterocycles. The molecular weight excluding hydrogens is 496 g/mol. The summed E-state index contributed by atoms with van der Waals surface area (Å²) in [4.78, 5) is 29.2. The van der Waals surface area contributed by atoms with Crippen molar-refractivity contribution in [2.45, 2.75) is 95.7 Å². The zero-order valence-corrected chi connectivity index (χ0v) is 23.1. The molecule has 3 fully saturated rings. The Morgan fingerprint density at radius 3 is 2.72 bits per heavy atom. The average molecular weight is 539 g/mol. The van der Waals surface area contributed by atoms with Crippen LogP contribution in [0.2, 0.25) is 0 Å². The van der Waals surface area contributed by atoms with Gasteiger partial charge in [0.2, 0.25) is 5.89 Å². The number of esters is 1. The number of hydrogen-bond donors (Lipinski definition) is 1. The van der Waals surface area contributed by atoms with Crippen LogP contribution in [0.5, 0.6) is 5.75 Å². The SMILES string of the molecule is CCOC(=O)COc1ccccc1C[C@@H]1[C@H](c2nc(C(=O)NCCCCC3CCCCC3)co2)[C@H]2CC[C@@H]1O2. The third-order valence-electron chi connectivity index (χ3n) is 8.59. The van der Waals surface area contributed by atoms with Gasteiger partial charge >= 0.3 is 5.97 Å². The third-order valence-corrected chi connectivity index (χ3v) is 8.59. The molecule has 3 aliphatic rings. The van der Waals surface area contributed by atoms with Crippen molar-refractivity contribution in [2.75, 3.05) is 19.8 Å². The van der Waals surface area contributed by atoms with Crippen LogP contribution in [0.1, 0.15) is 99.0 Å². The number of para-hydroxylation sites is 1. The molecule has 2 saturated heterocycles. The van der Waals surface area contributed by atoms with Gasteiger partial charge in [0, 0.05) is 12.5 Å². The predicted octanol–water partition coefficient (Wildman–Crippen LogP) is 5.60. The zero-order chi connectivity index (χ0) is 27.0. The van der Waals surface area contributed by atoms with Gasteiger partial charge in [-0.15, -0.1) is 0 Å². The lowest BCUT2D eigenvalue weighted by Gasteiger charge is -2.26. The Kier molecular flexibility index (Phi) is 9.56. The lowest BCUT2D eigenvalue weighted by molar-refractivity contribution is -0.145. The molecule has 212 valence electrons. The minimum atomic E-state index is -0.386. The molecule has 1 saturated carbocycles. The molecule has 1 aromatic carbocycles. The van der Waals surface area contributed by atoms with Gasteiger partial charge in [-0.2, -0.15) is 0 Å². The van der Waals surface area contributed by atoms with Crippen LogP contribution in [0.15, 0.2) is 34.9 Å². The molecule has 8 heteroatoms. The van der Waals surface area contributed by atoms with Gasteiger partial charge in [-0.3, -0.25) is 4.79 Å². The van der Waals surface area contributed by atoms with Crippen LogP contribution in [-0.2, 0) is 20.7 Å². The molecule has 1 amide bonds. The normalized spacial score (nSPS) is 24.5. The van der Waals surface area contributed by atoms with Gasteiger partial charge in [-0.25, -0.2) is 9.78 Å². The highest BCUT2D eigenvalue weighted by Crippen LogP contribution is 2.50. The molecule has 2 bridgehead atoms. The highest BCUT2D eigenvalue weighted by atomic mass is 16.6. The van der Waals surface area contributed by atoms with E-state index in [2.05, 4.69) is 10.3 Å². The highest BCUT2D eigenvalue weighted by molar-refractivity contribution is 5.91. The third kappa shape index (κ3) is 7.02. The maximum absolute atomic E-state index is 12.8. The van der Waals surface area contributed by atoms with E-state index in [0.717, 1.165) is 37.2 Å². The van der Waals surface area contributed by atoms with Crippen LogP contribution in [0.25, 0.3) is 0 Å². The first-order chi connectivity index (χ1) is 19.1. The molecule has 1 aromatic heterocycles. The number of nitrogens with one attached hydrogen (secondary N) is 1. The van der Waals surface area contributed by atoms with E-state index in [0.29, 0.717) is 36.9 Å². The predicted molar refractivity (Wildman–Crippen MR) is 146 cm³/mol. The van der Waals surface area contributed by atoms with Gasteiger partial charge in [-0.05, 0) is 50.2 Å². The number of ether oxygens (including phenoxy) is 3. The summed E-state index contributed by atoms with van der Waals surface area (Å²) in [5.41, 5.74) is 1.34. The second-order valence-corrected chi connectivity index (χ2v) is 11.2. The number of oxazole rings is 1. The molecule has 2 aromatic rings. The maximum atomic E-state index is 12.8. The minimum Gasteiger partial charge on any atom is -0.482 e. The summed E-state index contributed by atoms with van der Waals surface area (Å²) in [6, 6.07) is 7.76. The molecule has 4 atom stereocenters. The van der Waals surface area contributed by atoms with Crippen molar-refractivity contribution in [3.8, 4) is 5.75 Å². The van der Waals surface area contributed by atoms with Crippen LogP contribution in [0.3, 0.4) is 0 Å². The number of unbranched alkanes of at least 4 members (excludes halogenated alkanes) is 1. The Bertz CT molecular complexity index is 1090. The number of carbonyl (C=O) groups excluding carboxylic acids is 2. The molecule has 0 radical (unpaired) electrons. The Labute approximate surface area is 231 Å². The van der Waals surface area contributed by atoms with Gasteiger partial charge in [0.05, 0.1) is 24.7 Å². The van der Waals surface area contributed by atoms with E-state index >= 15 is 0 Å². The molecular formula is C31H42N2O6. The fourth-order valence-electron chi connectivity index (χ4n) is 6.65. The summed E-state index contributed by atoms with van der Waals surface area (Å²) in [7, 11) is 0. The van der Waals surface area contributed by atoms with E-state index < -0.39 is 0 Å². The van der Waals surface area contributed by atoms with E-state index in [1.807, 2.05) is 24.3 Å². The van der Waals surface area contributed by atoms with Crippen LogP contribution >= 0.6 is 0 Å². The Morgan fingerprint density at radius 2 is 1.87 bits per heavy atom. The molecule has 8 nitrogen and oxygen atoms in total. The molecule has 39 heavy (non-hydrogen) atoms. The number of aromatic nitrogens is 1. The van der Waals surface area contributed by atoms with E-state index in [1.54, 1.807) is 6.92 Å². The molecule has 0 spiro atoms. The van der Waals surface area contributed by atoms with Gasteiger partial charge in [-0.1, -0.05) is 63.1 Å². The molecule has 2 aliphatic heterocycles. The van der Waals surface area contributed by atoms with Crippen molar-refractivity contribution in [3.63, 3.8) is 0 Å². The highest BCUT2D eigenvalue weighted by Gasteiger charge is 2.51. The summed E-state index contributed by atoms with van der Waals surface area (Å²) < 4.78 is 23.0. The van der Waals surface area contributed by atoms with Crippen LogP contribution < -0.4 is 10.1 Å². The second kappa shape index (κ2) is 13.5. The topological polar surface area (TPSA) is 99.9 Å². The summed E-state index contributed by atoms with van der Waals surface area (Å²) >= 11 is 0. The van der Waals surface area contributed by atoms with Gasteiger partial charge in [0.1, 0.15) is 12.0 Å². The fraction of sp³-hybridized carbons (Fsp3) is 0.645. The lowest BCUT2D eigenvalue weighted by Crippen LogP contribution is -2.28. The van der Waals surface area contributed by atoms with Gasteiger partial charge in [0.25, 0.3) is 5.91 Å². The van der Waals surface area contributed by atoms with Crippen molar-refractivity contribution in [1.82, 2.24) is 10.3 Å². The van der Waals surface area contributed by atoms with Crippen molar-refractivity contribution in [2.24, 2.45) is 11.8 Å². The van der Waals surface area contributed by atoms with Crippen molar-refractivity contribution >= 4 is 11.9 Å². The zero-order valence-electron chi connectivity index (χ0n) is 23.1. The first-order valence-corrected chi connectivity index (χ1v) is 14.9. The Balaban J connectivity index is 1.16. The number of fused-ring (bicyclic) bond motifs is 2. The summed E-state index contributed by atoms with van der Waals surface area (Å²) in [5, 5.41) is 3.02. The van der Waals surface area contributed by atoms with E-state index in [-0.39, 0.29) is 42.5 Å². The Hall–Kier alpha value is -2.87. The Morgan fingerprint density at radius 1 is 1.05 bits per heavy atom. The molecule has 1 aliphatic carbocycles. The van der Waals surface area contributed by atoms with Crippen LogP contribution in [0, 0.1) is 11.8 Å². The monoisotopic (exact) mass is 538 g/mol. The van der Waals surface area contributed by atoms with Gasteiger partial charge in [0.15, 0.2) is 12.3 Å². The number of hydrogen-bond acceptors (Lipinski definition) is 7. The van der Waals surface area contributed by atoms with E-state index in [4.69, 9.17) is 18.6 Å². The molecule has 5 rings (SSSR count). The molecule has 0 unspecified atom stereocenters. The first-order valence-electron chi connectivity index (χ1n) is 14.9. The maximum Gasteiger partial charge on any atom is 0.344 e. The number of benzene rings is 1. The van der Waals surface area contributed by atoms with Crippen LogP contribution in [0.4, 0.5) is 0 Å². The van der Waals surface area contributed by atoms with Crippen molar-refractivity contribution in [3.05, 3.63) is 47.7 Å². The van der Waals surface area contributed by atoms with Crippen molar-refractivity contribution < 1.29 is 28.2 Å². The number of carbonyl (C=O) groups is 2. The lowest BCUT2D eigenvalue weighted by atomic mass is 9.76. The van der Waals surface area contributed by atoms with Crippen LogP contribution in [-0.4, -0.2) is 48.8 Å². The molecule has 1 N–H and O–H groups in total. The van der Waals surface area contributed by atoms with Gasteiger partial charge < -0.3 is 23.9 Å². The number of nitrogens with zero attached hydrogens (tertiary/aromatic N) is 1. The van der Waals surface area contributed by atoms with Crippen molar-refractivity contribution in [1.29, 1.82) is 0 Å². The second-order valence-electron chi connectivity index (χ2n) is 11.2.